The number of rotatable bonds is 6. The van der Waals surface area contributed by atoms with Crippen LogP contribution >= 0.6 is 0 Å². The van der Waals surface area contributed by atoms with Crippen LogP contribution in [0.3, 0.4) is 0 Å². The van der Waals surface area contributed by atoms with Gasteiger partial charge in [0.15, 0.2) is 0 Å². The number of hydrogen-bond acceptors (Lipinski definition) is 4. The predicted molar refractivity (Wildman–Crippen MR) is 72.4 cm³/mol. The van der Waals surface area contributed by atoms with E-state index in [0.717, 1.165) is 18.6 Å². The fourth-order valence-electron chi connectivity index (χ4n) is 1.79. The Morgan fingerprint density at radius 2 is 2.06 bits per heavy atom. The highest BCUT2D eigenvalue weighted by Gasteiger charge is 2.06. The smallest absolute Gasteiger partial charge is 0.0889 e. The second kappa shape index (κ2) is 5.93. The molecular formula is C13H21N5. The van der Waals surface area contributed by atoms with Crippen LogP contribution < -0.4 is 10.6 Å². The molecule has 0 bridgehead atoms. The van der Waals surface area contributed by atoms with Crippen molar-refractivity contribution in [2.24, 2.45) is 0 Å². The van der Waals surface area contributed by atoms with Crippen LogP contribution in [-0.2, 0) is 6.54 Å². The average Bonchev–Trinajstić information content (AvgIpc) is 2.77. The summed E-state index contributed by atoms with van der Waals surface area (Å²) in [6, 6.07) is 0.953. The van der Waals surface area contributed by atoms with Gasteiger partial charge in [0, 0.05) is 43.1 Å². The molecule has 0 radical (unpaired) electrons. The van der Waals surface area contributed by atoms with Crippen LogP contribution in [0.4, 0.5) is 0 Å². The van der Waals surface area contributed by atoms with Gasteiger partial charge in [0.05, 0.1) is 17.9 Å². The summed E-state index contributed by atoms with van der Waals surface area (Å²) in [5.41, 5.74) is 2.24. The van der Waals surface area contributed by atoms with E-state index in [1.54, 1.807) is 6.20 Å². The summed E-state index contributed by atoms with van der Waals surface area (Å²) in [7, 11) is 0. The minimum Gasteiger partial charge on any atom is -0.313 e. The summed E-state index contributed by atoms with van der Waals surface area (Å²) in [4.78, 5) is 4.13. The van der Waals surface area contributed by atoms with Crippen molar-refractivity contribution in [3.8, 4) is 0 Å². The van der Waals surface area contributed by atoms with Gasteiger partial charge in [0.1, 0.15) is 0 Å². The number of nitrogens with one attached hydrogen (secondary N) is 2. The van der Waals surface area contributed by atoms with Crippen LogP contribution in [0.1, 0.15) is 26.3 Å². The third kappa shape index (κ3) is 3.27. The van der Waals surface area contributed by atoms with Gasteiger partial charge in [-0.1, -0.05) is 13.8 Å². The van der Waals surface area contributed by atoms with Crippen molar-refractivity contribution in [2.75, 3.05) is 6.54 Å². The molecule has 0 aliphatic carbocycles. The van der Waals surface area contributed by atoms with Gasteiger partial charge in [-0.3, -0.25) is 4.98 Å². The molecule has 1 unspecified atom stereocenters. The third-order valence-electron chi connectivity index (χ3n) is 2.88. The molecule has 2 rings (SSSR count). The number of hydrogen-bond donors (Lipinski definition) is 2. The molecule has 2 aromatic heterocycles. The number of fused-ring (bicyclic) bond motifs is 1. The Bertz CT molecular complexity index is 491. The Labute approximate surface area is 108 Å². The maximum atomic E-state index is 4.29. The molecule has 0 spiro atoms. The van der Waals surface area contributed by atoms with Crippen LogP contribution in [0.25, 0.3) is 5.52 Å². The van der Waals surface area contributed by atoms with E-state index in [9.17, 15) is 0 Å². The molecule has 2 N–H and O–H groups in total. The topological polar surface area (TPSA) is 54.2 Å². The van der Waals surface area contributed by atoms with E-state index >= 15 is 0 Å². The summed E-state index contributed by atoms with van der Waals surface area (Å²) < 4.78 is 1.85. The lowest BCUT2D eigenvalue weighted by Crippen LogP contribution is -2.38. The standard InChI is InChI=1S/C13H21N5/c1-10(2)15-6-11(3)16-7-12-8-17-18-5-4-14-9-13(12)18/h4-5,8-11,15-16H,6-7H2,1-3H3. The Morgan fingerprint density at radius 3 is 2.83 bits per heavy atom. The summed E-state index contributed by atoms with van der Waals surface area (Å²) in [6.07, 6.45) is 7.35. The summed E-state index contributed by atoms with van der Waals surface area (Å²) in [5, 5.41) is 11.2. The Balaban J connectivity index is 1.90. The zero-order valence-electron chi connectivity index (χ0n) is 11.2. The van der Waals surface area contributed by atoms with E-state index in [-0.39, 0.29) is 0 Å². The van der Waals surface area contributed by atoms with E-state index in [2.05, 4.69) is 41.5 Å². The first-order valence-corrected chi connectivity index (χ1v) is 6.40. The number of nitrogens with zero attached hydrogens (tertiary/aromatic N) is 3. The van der Waals surface area contributed by atoms with Crippen molar-refractivity contribution in [3.05, 3.63) is 30.4 Å². The Kier molecular flexibility index (Phi) is 4.28. The predicted octanol–water partition coefficient (Wildman–Crippen LogP) is 1.21. The molecule has 5 nitrogen and oxygen atoms in total. The van der Waals surface area contributed by atoms with Crippen molar-refractivity contribution in [3.63, 3.8) is 0 Å². The second-order valence-corrected chi connectivity index (χ2v) is 4.92. The lowest BCUT2D eigenvalue weighted by atomic mass is 10.2. The lowest BCUT2D eigenvalue weighted by molar-refractivity contribution is 0.474. The fourth-order valence-corrected chi connectivity index (χ4v) is 1.79. The van der Waals surface area contributed by atoms with Gasteiger partial charge in [-0.05, 0) is 6.92 Å². The van der Waals surface area contributed by atoms with Gasteiger partial charge in [-0.2, -0.15) is 5.10 Å². The molecule has 0 saturated carbocycles. The van der Waals surface area contributed by atoms with E-state index < -0.39 is 0 Å². The van der Waals surface area contributed by atoms with Crippen LogP contribution in [0, 0.1) is 0 Å². The molecule has 0 amide bonds. The maximum absolute atomic E-state index is 4.29. The van der Waals surface area contributed by atoms with Crippen molar-refractivity contribution >= 4 is 5.52 Å². The third-order valence-corrected chi connectivity index (χ3v) is 2.88. The molecule has 2 heterocycles. The van der Waals surface area contributed by atoms with E-state index in [1.165, 1.54) is 5.56 Å². The second-order valence-electron chi connectivity index (χ2n) is 4.92. The van der Waals surface area contributed by atoms with Gasteiger partial charge >= 0.3 is 0 Å². The number of aromatic nitrogens is 3. The van der Waals surface area contributed by atoms with Crippen LogP contribution in [0.2, 0.25) is 0 Å². The average molecular weight is 247 g/mol. The molecule has 2 aromatic rings. The van der Waals surface area contributed by atoms with Crippen LogP contribution in [0.15, 0.2) is 24.8 Å². The highest BCUT2D eigenvalue weighted by Crippen LogP contribution is 2.08. The summed E-state index contributed by atoms with van der Waals surface area (Å²) >= 11 is 0. The minimum atomic E-state index is 0.430. The molecule has 0 aliphatic rings. The van der Waals surface area contributed by atoms with Gasteiger partial charge in [0.25, 0.3) is 0 Å². The van der Waals surface area contributed by atoms with Crippen molar-refractivity contribution in [1.29, 1.82) is 0 Å². The van der Waals surface area contributed by atoms with Crippen LogP contribution in [0.5, 0.6) is 0 Å². The van der Waals surface area contributed by atoms with Gasteiger partial charge in [-0.15, -0.1) is 0 Å². The largest absolute Gasteiger partial charge is 0.313 e. The molecule has 0 saturated heterocycles. The molecule has 0 aromatic carbocycles. The summed E-state index contributed by atoms with van der Waals surface area (Å²) in [6.45, 7) is 8.28. The molecule has 5 heteroatoms. The van der Waals surface area contributed by atoms with E-state index in [4.69, 9.17) is 0 Å². The first-order chi connectivity index (χ1) is 8.66. The van der Waals surface area contributed by atoms with E-state index in [0.29, 0.717) is 12.1 Å². The molecule has 0 fully saturated rings. The molecular weight excluding hydrogens is 226 g/mol. The van der Waals surface area contributed by atoms with Gasteiger partial charge < -0.3 is 10.6 Å². The quantitative estimate of drug-likeness (QED) is 0.805. The lowest BCUT2D eigenvalue weighted by Gasteiger charge is -2.16. The Morgan fingerprint density at radius 1 is 1.22 bits per heavy atom. The fraction of sp³-hybridized carbons (Fsp3) is 0.538. The Hall–Kier alpha value is -1.46. The van der Waals surface area contributed by atoms with E-state index in [1.807, 2.05) is 23.1 Å². The zero-order chi connectivity index (χ0) is 13.0. The summed E-state index contributed by atoms with van der Waals surface area (Å²) in [5.74, 6) is 0. The van der Waals surface area contributed by atoms with Gasteiger partial charge in [0.2, 0.25) is 0 Å². The van der Waals surface area contributed by atoms with Gasteiger partial charge in [-0.25, -0.2) is 4.52 Å². The molecule has 98 valence electrons. The molecule has 1 atom stereocenters. The maximum Gasteiger partial charge on any atom is 0.0889 e. The monoisotopic (exact) mass is 247 g/mol. The van der Waals surface area contributed by atoms with Crippen molar-refractivity contribution < 1.29 is 0 Å². The normalized spacial score (nSPS) is 13.3. The SMILES string of the molecule is CC(C)NCC(C)NCc1cnn2ccncc12. The molecule has 18 heavy (non-hydrogen) atoms. The first-order valence-electron chi connectivity index (χ1n) is 6.40. The first kappa shape index (κ1) is 13.0. The van der Waals surface area contributed by atoms with Crippen molar-refractivity contribution in [2.45, 2.75) is 39.4 Å². The minimum absolute atomic E-state index is 0.430. The highest BCUT2D eigenvalue weighted by molar-refractivity contribution is 5.51. The zero-order valence-corrected chi connectivity index (χ0v) is 11.2. The molecule has 0 aliphatic heterocycles. The van der Waals surface area contributed by atoms with Crippen LogP contribution in [-0.4, -0.2) is 33.2 Å². The highest BCUT2D eigenvalue weighted by atomic mass is 15.2. The van der Waals surface area contributed by atoms with Crippen molar-refractivity contribution in [1.82, 2.24) is 25.2 Å².